The number of carbonyl (C=O) groups excluding carboxylic acids is 1. The zero-order valence-electron chi connectivity index (χ0n) is 10.8. The third-order valence-corrected chi connectivity index (χ3v) is 3.22. The second-order valence-electron chi connectivity index (χ2n) is 4.58. The van der Waals surface area contributed by atoms with Crippen LogP contribution in [-0.2, 0) is 4.79 Å². The number of primary amides is 1. The normalized spacial score (nSPS) is 18.6. The van der Waals surface area contributed by atoms with E-state index in [4.69, 9.17) is 17.2 Å². The lowest BCUT2D eigenvalue weighted by Gasteiger charge is -2.24. The Bertz CT molecular complexity index is 464. The molecule has 0 spiro atoms. The van der Waals surface area contributed by atoms with E-state index in [9.17, 15) is 4.79 Å². The number of nitrogens with two attached hydrogens (primary N) is 3. The van der Waals surface area contributed by atoms with E-state index in [1.54, 1.807) is 6.07 Å². The Kier molecular flexibility index (Phi) is 4.06. The Balaban J connectivity index is 2.22. The van der Waals surface area contributed by atoms with Crippen LogP contribution in [0.4, 0.5) is 17.3 Å². The number of hydrogen-bond donors (Lipinski definition) is 4. The smallest absolute Gasteiger partial charge is 0.240 e. The van der Waals surface area contributed by atoms with Gasteiger partial charge in [-0.1, -0.05) is 0 Å². The molecular weight excluding hydrogens is 244 g/mol. The fraction of sp³-hybridized carbons (Fsp3) is 0.500. The summed E-state index contributed by atoms with van der Waals surface area (Å²) in [5.74, 6) is 1.00. The number of nitrogens with zero attached hydrogens (tertiary/aromatic N) is 2. The van der Waals surface area contributed by atoms with E-state index in [0.717, 1.165) is 25.2 Å². The zero-order valence-corrected chi connectivity index (χ0v) is 10.8. The van der Waals surface area contributed by atoms with Gasteiger partial charge in [0.2, 0.25) is 5.91 Å². The molecule has 0 aliphatic carbocycles. The number of nitrogens with one attached hydrogen (secondary N) is 1. The molecular formula is C12H20N6O. The van der Waals surface area contributed by atoms with Gasteiger partial charge < -0.3 is 27.4 Å². The SMILES string of the molecule is NCCNc1nc(N2CCCC2C(N)=O)ccc1N. The largest absolute Gasteiger partial charge is 0.396 e. The van der Waals surface area contributed by atoms with E-state index in [1.807, 2.05) is 11.0 Å². The van der Waals surface area contributed by atoms with Gasteiger partial charge in [-0.25, -0.2) is 4.98 Å². The van der Waals surface area contributed by atoms with Crippen molar-refractivity contribution in [3.63, 3.8) is 0 Å². The maximum absolute atomic E-state index is 11.4. The van der Waals surface area contributed by atoms with Gasteiger partial charge in [-0.15, -0.1) is 0 Å². The average molecular weight is 264 g/mol. The monoisotopic (exact) mass is 264 g/mol. The molecule has 2 rings (SSSR count). The summed E-state index contributed by atoms with van der Waals surface area (Å²) in [5, 5.41) is 3.07. The fourth-order valence-corrected chi connectivity index (χ4v) is 2.29. The van der Waals surface area contributed by atoms with E-state index in [1.165, 1.54) is 0 Å². The molecule has 0 bridgehead atoms. The summed E-state index contributed by atoms with van der Waals surface area (Å²) in [4.78, 5) is 17.8. The van der Waals surface area contributed by atoms with Gasteiger partial charge >= 0.3 is 0 Å². The first kappa shape index (κ1) is 13.4. The van der Waals surface area contributed by atoms with Crippen LogP contribution in [-0.4, -0.2) is 36.6 Å². The first-order valence-electron chi connectivity index (χ1n) is 6.40. The molecule has 7 heteroatoms. The summed E-state index contributed by atoms with van der Waals surface area (Å²) in [6.07, 6.45) is 1.71. The molecule has 1 aromatic heterocycles. The highest BCUT2D eigenvalue weighted by molar-refractivity contribution is 5.84. The van der Waals surface area contributed by atoms with Crippen molar-refractivity contribution < 1.29 is 4.79 Å². The molecule has 1 aliphatic rings. The van der Waals surface area contributed by atoms with Gasteiger partial charge in [-0.2, -0.15) is 0 Å². The molecule has 0 radical (unpaired) electrons. The van der Waals surface area contributed by atoms with Crippen LogP contribution in [0.1, 0.15) is 12.8 Å². The molecule has 1 aromatic rings. The summed E-state index contributed by atoms with van der Waals surface area (Å²) >= 11 is 0. The first-order valence-corrected chi connectivity index (χ1v) is 6.40. The Labute approximate surface area is 112 Å². The highest BCUT2D eigenvalue weighted by atomic mass is 16.1. The Hall–Kier alpha value is -2.02. The Morgan fingerprint density at radius 1 is 1.53 bits per heavy atom. The molecule has 19 heavy (non-hydrogen) atoms. The van der Waals surface area contributed by atoms with Gasteiger partial charge in [0.15, 0.2) is 5.82 Å². The van der Waals surface area contributed by atoms with Crippen LogP contribution in [0.15, 0.2) is 12.1 Å². The van der Waals surface area contributed by atoms with E-state index < -0.39 is 0 Å². The summed E-state index contributed by atoms with van der Waals surface area (Å²) in [6.45, 7) is 1.87. The Morgan fingerprint density at radius 3 is 3.00 bits per heavy atom. The molecule has 1 unspecified atom stereocenters. The van der Waals surface area contributed by atoms with Crippen molar-refractivity contribution in [3.8, 4) is 0 Å². The van der Waals surface area contributed by atoms with Crippen molar-refractivity contribution in [2.45, 2.75) is 18.9 Å². The summed E-state index contributed by atoms with van der Waals surface area (Å²) < 4.78 is 0. The fourth-order valence-electron chi connectivity index (χ4n) is 2.29. The van der Waals surface area contributed by atoms with Crippen molar-refractivity contribution in [2.24, 2.45) is 11.5 Å². The molecule has 1 aliphatic heterocycles. The number of rotatable bonds is 5. The van der Waals surface area contributed by atoms with Crippen LogP contribution in [0.5, 0.6) is 0 Å². The predicted molar refractivity (Wildman–Crippen MR) is 75.8 cm³/mol. The number of amides is 1. The van der Waals surface area contributed by atoms with Crippen LogP contribution < -0.4 is 27.4 Å². The Morgan fingerprint density at radius 2 is 2.32 bits per heavy atom. The number of hydrogen-bond acceptors (Lipinski definition) is 6. The molecule has 1 saturated heterocycles. The van der Waals surface area contributed by atoms with E-state index in [-0.39, 0.29) is 11.9 Å². The minimum atomic E-state index is -0.312. The standard InChI is InChI=1S/C12H20N6O/c13-5-6-16-12-8(14)3-4-10(17-12)18-7-1-2-9(18)11(15)19/h3-4,9H,1-2,5-7,13-14H2,(H2,15,19)(H,16,17). The number of pyridine rings is 1. The predicted octanol–water partition coefficient (Wildman–Crippen LogP) is -0.511. The molecule has 104 valence electrons. The van der Waals surface area contributed by atoms with Crippen molar-refractivity contribution in [2.75, 3.05) is 35.6 Å². The second-order valence-corrected chi connectivity index (χ2v) is 4.58. The third-order valence-electron chi connectivity index (χ3n) is 3.22. The lowest BCUT2D eigenvalue weighted by molar-refractivity contribution is -0.119. The summed E-state index contributed by atoms with van der Waals surface area (Å²) in [7, 11) is 0. The first-order chi connectivity index (χ1) is 9.13. The molecule has 1 fully saturated rings. The van der Waals surface area contributed by atoms with Crippen LogP contribution in [0.3, 0.4) is 0 Å². The number of anilines is 3. The lowest BCUT2D eigenvalue weighted by atomic mass is 10.2. The highest BCUT2D eigenvalue weighted by Gasteiger charge is 2.30. The van der Waals surface area contributed by atoms with Gasteiger partial charge in [-0.05, 0) is 25.0 Å². The molecule has 0 aromatic carbocycles. The number of nitrogen functional groups attached to an aromatic ring is 1. The molecule has 1 atom stereocenters. The molecule has 2 heterocycles. The number of aromatic nitrogens is 1. The van der Waals surface area contributed by atoms with Crippen molar-refractivity contribution >= 4 is 23.2 Å². The quantitative estimate of drug-likeness (QED) is 0.568. The van der Waals surface area contributed by atoms with Crippen LogP contribution in [0.2, 0.25) is 0 Å². The van der Waals surface area contributed by atoms with Crippen LogP contribution in [0, 0.1) is 0 Å². The van der Waals surface area contributed by atoms with Gasteiger partial charge in [0.05, 0.1) is 5.69 Å². The van der Waals surface area contributed by atoms with E-state index in [0.29, 0.717) is 24.6 Å². The highest BCUT2D eigenvalue weighted by Crippen LogP contribution is 2.27. The minimum absolute atomic E-state index is 0.279. The molecule has 7 N–H and O–H groups in total. The maximum atomic E-state index is 11.4. The number of carbonyl (C=O) groups is 1. The van der Waals surface area contributed by atoms with E-state index >= 15 is 0 Å². The summed E-state index contributed by atoms with van der Waals surface area (Å²) in [6, 6.07) is 3.31. The van der Waals surface area contributed by atoms with Crippen LogP contribution >= 0.6 is 0 Å². The minimum Gasteiger partial charge on any atom is -0.396 e. The third kappa shape index (κ3) is 2.87. The lowest BCUT2D eigenvalue weighted by Crippen LogP contribution is -2.40. The van der Waals surface area contributed by atoms with Crippen molar-refractivity contribution in [1.82, 2.24) is 4.98 Å². The topological polar surface area (TPSA) is 123 Å². The molecule has 1 amide bonds. The van der Waals surface area contributed by atoms with E-state index in [2.05, 4.69) is 10.3 Å². The van der Waals surface area contributed by atoms with Gasteiger partial charge in [-0.3, -0.25) is 4.79 Å². The van der Waals surface area contributed by atoms with Gasteiger partial charge in [0.25, 0.3) is 0 Å². The van der Waals surface area contributed by atoms with Crippen molar-refractivity contribution in [3.05, 3.63) is 12.1 Å². The maximum Gasteiger partial charge on any atom is 0.240 e. The zero-order chi connectivity index (χ0) is 13.8. The second kappa shape index (κ2) is 5.75. The summed E-state index contributed by atoms with van der Waals surface area (Å²) in [5.41, 5.74) is 17.3. The average Bonchev–Trinajstić information content (AvgIpc) is 2.87. The van der Waals surface area contributed by atoms with Crippen LogP contribution in [0.25, 0.3) is 0 Å². The van der Waals surface area contributed by atoms with Gasteiger partial charge in [0.1, 0.15) is 11.9 Å². The van der Waals surface area contributed by atoms with Crippen molar-refractivity contribution in [1.29, 1.82) is 0 Å². The molecule has 0 saturated carbocycles. The van der Waals surface area contributed by atoms with Gasteiger partial charge in [0, 0.05) is 19.6 Å². The molecule has 7 nitrogen and oxygen atoms in total.